The average molecular weight is 355 g/mol. The third-order valence-corrected chi connectivity index (χ3v) is 3.06. The van der Waals surface area contributed by atoms with E-state index in [0.29, 0.717) is 21.4 Å². The third kappa shape index (κ3) is 3.86. The number of aryl methyl sites for hydroxylation is 1. The second-order valence-electron chi connectivity index (χ2n) is 3.42. The van der Waals surface area contributed by atoms with Crippen molar-refractivity contribution in [3.63, 3.8) is 0 Å². The fourth-order valence-corrected chi connectivity index (χ4v) is 2.26. The van der Waals surface area contributed by atoms with Gasteiger partial charge in [0, 0.05) is 0 Å². The van der Waals surface area contributed by atoms with Crippen molar-refractivity contribution in [2.24, 2.45) is 0 Å². The molecule has 0 unspecified atom stereocenters. The van der Waals surface area contributed by atoms with Gasteiger partial charge in [0.2, 0.25) is 0 Å². The smallest absolute Gasteiger partial charge is 0.310 e. The van der Waals surface area contributed by atoms with Crippen molar-refractivity contribution >= 4 is 28.6 Å². The van der Waals surface area contributed by atoms with E-state index in [1.807, 2.05) is 22.6 Å². The summed E-state index contributed by atoms with van der Waals surface area (Å²) in [5.74, 6) is -0.375. The fraction of sp³-hybridized carbons (Fsp3) is 0.455. The van der Waals surface area contributed by atoms with E-state index >= 15 is 0 Å². The van der Waals surface area contributed by atoms with Crippen LogP contribution in [-0.2, 0) is 16.0 Å². The van der Waals surface area contributed by atoms with Crippen LogP contribution < -0.4 is 0 Å². The van der Waals surface area contributed by atoms with E-state index in [0.717, 1.165) is 0 Å². The first kappa shape index (κ1) is 14.3. The summed E-state index contributed by atoms with van der Waals surface area (Å²) in [6.07, 6.45) is -2.53. The number of nitrogens with zero attached hydrogens (tertiary/aromatic N) is 1. The SMILES string of the molecule is CCOC(=O)Cc1c(C)cc(C(F)F)nc1I. The molecule has 94 valence electrons. The molecule has 3 nitrogen and oxygen atoms in total. The van der Waals surface area contributed by atoms with Gasteiger partial charge in [0.15, 0.2) is 0 Å². The van der Waals surface area contributed by atoms with Crippen molar-refractivity contribution in [2.75, 3.05) is 6.61 Å². The van der Waals surface area contributed by atoms with Gasteiger partial charge in [-0.3, -0.25) is 4.79 Å². The lowest BCUT2D eigenvalue weighted by Crippen LogP contribution is -2.11. The number of esters is 1. The maximum absolute atomic E-state index is 12.5. The number of aromatic nitrogens is 1. The standard InChI is InChI=1S/C11H12F2INO2/c1-3-17-9(16)5-7-6(2)4-8(10(12)13)15-11(7)14/h4,10H,3,5H2,1-2H3. The number of alkyl halides is 2. The van der Waals surface area contributed by atoms with Gasteiger partial charge >= 0.3 is 5.97 Å². The molecule has 0 bridgehead atoms. The molecule has 0 amide bonds. The molecule has 0 fully saturated rings. The Kier molecular flexibility index (Phi) is 5.23. The molecular weight excluding hydrogens is 343 g/mol. The quantitative estimate of drug-likeness (QED) is 0.474. The highest BCUT2D eigenvalue weighted by Gasteiger charge is 2.16. The zero-order valence-electron chi connectivity index (χ0n) is 9.47. The Morgan fingerprint density at radius 2 is 2.24 bits per heavy atom. The maximum Gasteiger partial charge on any atom is 0.310 e. The lowest BCUT2D eigenvalue weighted by Gasteiger charge is -2.10. The second kappa shape index (κ2) is 6.23. The molecule has 1 rings (SSSR count). The Balaban J connectivity index is 2.97. The molecule has 6 heteroatoms. The average Bonchev–Trinajstić information content (AvgIpc) is 2.23. The molecule has 0 saturated carbocycles. The van der Waals surface area contributed by atoms with Gasteiger partial charge in [-0.2, -0.15) is 0 Å². The number of ether oxygens (including phenoxy) is 1. The van der Waals surface area contributed by atoms with Crippen molar-refractivity contribution in [3.05, 3.63) is 26.6 Å². The number of pyridine rings is 1. The summed E-state index contributed by atoms with van der Waals surface area (Å²) in [6.45, 7) is 3.70. The number of carbonyl (C=O) groups is 1. The van der Waals surface area contributed by atoms with Crippen LogP contribution >= 0.6 is 22.6 Å². The maximum atomic E-state index is 12.5. The molecule has 0 aliphatic rings. The summed E-state index contributed by atoms with van der Waals surface area (Å²) in [5, 5.41) is 0. The van der Waals surface area contributed by atoms with Crippen LogP contribution in [0.3, 0.4) is 0 Å². The van der Waals surface area contributed by atoms with Gasteiger partial charge in [0.05, 0.1) is 13.0 Å². The molecule has 0 atom stereocenters. The van der Waals surface area contributed by atoms with Crippen LogP contribution in [0.2, 0.25) is 0 Å². The third-order valence-electron chi connectivity index (χ3n) is 2.17. The molecule has 1 heterocycles. The van der Waals surface area contributed by atoms with Crippen molar-refractivity contribution in [2.45, 2.75) is 26.7 Å². The molecule has 0 aliphatic carbocycles. The van der Waals surface area contributed by atoms with Crippen molar-refractivity contribution in [1.29, 1.82) is 0 Å². The van der Waals surface area contributed by atoms with Crippen molar-refractivity contribution < 1.29 is 18.3 Å². The molecular formula is C11H12F2INO2. The van der Waals surface area contributed by atoms with Gasteiger partial charge in [-0.05, 0) is 53.6 Å². The normalized spacial score (nSPS) is 10.7. The number of carbonyl (C=O) groups excluding carboxylic acids is 1. The number of hydrogen-bond acceptors (Lipinski definition) is 3. The number of halogens is 3. The van der Waals surface area contributed by atoms with Crippen molar-refractivity contribution in [3.8, 4) is 0 Å². The van der Waals surface area contributed by atoms with E-state index in [1.54, 1.807) is 13.8 Å². The van der Waals surface area contributed by atoms with Crippen LogP contribution in [0, 0.1) is 10.6 Å². The Bertz CT molecular complexity index is 401. The van der Waals surface area contributed by atoms with Crippen LogP contribution in [0.15, 0.2) is 6.07 Å². The minimum absolute atomic E-state index is 0.0640. The molecule has 1 aromatic heterocycles. The molecule has 0 saturated heterocycles. The monoisotopic (exact) mass is 355 g/mol. The summed E-state index contributed by atoms with van der Waals surface area (Å²) in [4.78, 5) is 15.1. The lowest BCUT2D eigenvalue weighted by atomic mass is 10.1. The Morgan fingerprint density at radius 1 is 1.59 bits per heavy atom. The summed E-state index contributed by atoms with van der Waals surface area (Å²) >= 11 is 1.85. The molecule has 0 aliphatic heterocycles. The van der Waals surface area contributed by atoms with Crippen LogP contribution in [-0.4, -0.2) is 17.6 Å². The molecule has 1 aromatic rings. The van der Waals surface area contributed by atoms with Gasteiger partial charge < -0.3 is 4.74 Å². The van der Waals surface area contributed by atoms with E-state index in [2.05, 4.69) is 4.98 Å². The van der Waals surface area contributed by atoms with Gasteiger partial charge in [0.25, 0.3) is 6.43 Å². The fourth-order valence-electron chi connectivity index (χ4n) is 1.37. The lowest BCUT2D eigenvalue weighted by molar-refractivity contribution is -0.142. The minimum atomic E-state index is -2.60. The van der Waals surface area contributed by atoms with E-state index in [4.69, 9.17) is 4.74 Å². The predicted molar refractivity (Wildman–Crippen MR) is 67.0 cm³/mol. The molecule has 0 N–H and O–H groups in total. The minimum Gasteiger partial charge on any atom is -0.466 e. The first-order chi connectivity index (χ1) is 7.95. The van der Waals surface area contributed by atoms with Crippen LogP contribution in [0.4, 0.5) is 8.78 Å². The number of hydrogen-bond donors (Lipinski definition) is 0. The van der Waals surface area contributed by atoms with Crippen molar-refractivity contribution in [1.82, 2.24) is 4.98 Å². The Hall–Kier alpha value is -0.790. The first-order valence-electron chi connectivity index (χ1n) is 5.05. The molecule has 0 spiro atoms. The van der Waals surface area contributed by atoms with Gasteiger partial charge in [-0.1, -0.05) is 0 Å². The number of rotatable bonds is 4. The second-order valence-corrected chi connectivity index (χ2v) is 4.44. The van der Waals surface area contributed by atoms with E-state index in [1.165, 1.54) is 6.07 Å². The topological polar surface area (TPSA) is 39.2 Å². The summed E-state index contributed by atoms with van der Waals surface area (Å²) in [7, 11) is 0. The Labute approximate surface area is 112 Å². The summed E-state index contributed by atoms with van der Waals surface area (Å²) < 4.78 is 30.2. The highest BCUT2D eigenvalue weighted by atomic mass is 127. The van der Waals surface area contributed by atoms with Gasteiger partial charge in [0.1, 0.15) is 9.39 Å². The summed E-state index contributed by atoms with van der Waals surface area (Å²) in [6, 6.07) is 1.31. The Morgan fingerprint density at radius 3 is 2.71 bits per heavy atom. The van der Waals surface area contributed by atoms with E-state index in [-0.39, 0.29) is 18.1 Å². The first-order valence-corrected chi connectivity index (χ1v) is 6.13. The summed E-state index contributed by atoms with van der Waals surface area (Å²) in [5.41, 5.74) is 1.01. The molecule has 0 aromatic carbocycles. The van der Waals surface area contributed by atoms with Gasteiger partial charge in [-0.25, -0.2) is 13.8 Å². The molecule has 17 heavy (non-hydrogen) atoms. The van der Waals surface area contributed by atoms with Gasteiger partial charge in [-0.15, -0.1) is 0 Å². The van der Waals surface area contributed by atoms with E-state index < -0.39 is 6.43 Å². The van der Waals surface area contributed by atoms with Crippen LogP contribution in [0.5, 0.6) is 0 Å². The largest absolute Gasteiger partial charge is 0.466 e. The highest BCUT2D eigenvalue weighted by Crippen LogP contribution is 2.23. The zero-order valence-corrected chi connectivity index (χ0v) is 11.6. The molecule has 0 radical (unpaired) electrons. The zero-order chi connectivity index (χ0) is 13.0. The van der Waals surface area contributed by atoms with Crippen LogP contribution in [0.25, 0.3) is 0 Å². The van der Waals surface area contributed by atoms with E-state index in [9.17, 15) is 13.6 Å². The highest BCUT2D eigenvalue weighted by molar-refractivity contribution is 14.1. The van der Waals surface area contributed by atoms with Crippen LogP contribution in [0.1, 0.15) is 30.2 Å². The predicted octanol–water partition coefficient (Wildman–Crippen LogP) is 3.04.